The van der Waals surface area contributed by atoms with Gasteiger partial charge in [-0.15, -0.1) is 0 Å². The van der Waals surface area contributed by atoms with E-state index in [0.717, 1.165) is 25.7 Å². The van der Waals surface area contributed by atoms with E-state index in [1.165, 1.54) is 0 Å². The molecule has 0 spiro atoms. The van der Waals surface area contributed by atoms with E-state index < -0.39 is 53.2 Å². The lowest BCUT2D eigenvalue weighted by molar-refractivity contribution is -0.355. The smallest absolute Gasteiger partial charge is 0.387 e. The van der Waals surface area contributed by atoms with Crippen molar-refractivity contribution in [3.63, 3.8) is 0 Å². The molecule has 13 heteroatoms. The first kappa shape index (κ1) is 24.6. The van der Waals surface area contributed by atoms with Gasteiger partial charge in [-0.1, -0.05) is 32.6 Å². The van der Waals surface area contributed by atoms with Crippen LogP contribution < -0.4 is 5.32 Å². The predicted octanol–water partition coefficient (Wildman–Crippen LogP) is -2.48. The average molecular weight is 419 g/mol. The molecule has 3 unspecified atom stereocenters. The molecule has 1 saturated heterocycles. The fourth-order valence-corrected chi connectivity index (χ4v) is 3.22. The standard InChI is InChI=1S/C14H29NO11S/c1-2-3-4-5-6-7-8(16)15-14(21,26-27(22,23)24)12-10(18)9(17)11(19)13(20)25-12/h8-13,15-21H,2-7H2,1H3,(H,22,23,24)/t8?,9-,10-,11+,12-,13?,14?/m0/s1. The third-order valence-corrected chi connectivity index (χ3v) is 4.63. The Morgan fingerprint density at radius 3 is 2.22 bits per heavy atom. The van der Waals surface area contributed by atoms with Crippen LogP contribution in [0.1, 0.15) is 45.4 Å². The second-order valence-corrected chi connectivity index (χ2v) is 7.51. The van der Waals surface area contributed by atoms with Gasteiger partial charge < -0.3 is 35.4 Å². The monoisotopic (exact) mass is 419 g/mol. The molecule has 1 aliphatic rings. The van der Waals surface area contributed by atoms with Crippen LogP contribution in [0.5, 0.6) is 0 Å². The van der Waals surface area contributed by atoms with Gasteiger partial charge in [0.15, 0.2) is 12.4 Å². The van der Waals surface area contributed by atoms with Gasteiger partial charge in [0.1, 0.15) is 24.5 Å². The summed E-state index contributed by atoms with van der Waals surface area (Å²) in [6.45, 7) is 2.03. The molecule has 0 aromatic heterocycles. The Balaban J connectivity index is 2.88. The molecule has 0 aliphatic carbocycles. The highest BCUT2D eigenvalue weighted by Gasteiger charge is 2.55. The molecule has 0 bridgehead atoms. The van der Waals surface area contributed by atoms with Crippen LogP contribution in [-0.4, -0.2) is 86.5 Å². The van der Waals surface area contributed by atoms with E-state index in [1.807, 2.05) is 12.2 Å². The number of rotatable bonds is 11. The van der Waals surface area contributed by atoms with Gasteiger partial charge >= 0.3 is 10.4 Å². The topological polar surface area (TPSA) is 206 Å². The second kappa shape index (κ2) is 10.4. The normalized spacial score (nSPS) is 32.8. The van der Waals surface area contributed by atoms with Crippen LogP contribution in [0.15, 0.2) is 0 Å². The third kappa shape index (κ3) is 7.47. The number of aliphatic hydroxyl groups is 6. The fraction of sp³-hybridized carbons (Fsp3) is 1.00. The summed E-state index contributed by atoms with van der Waals surface area (Å²) >= 11 is 0. The quantitative estimate of drug-likeness (QED) is 0.0995. The first-order valence-corrected chi connectivity index (χ1v) is 10.0. The molecule has 0 amide bonds. The first-order chi connectivity index (χ1) is 12.4. The van der Waals surface area contributed by atoms with Gasteiger partial charge in [-0.3, -0.25) is 4.55 Å². The summed E-state index contributed by atoms with van der Waals surface area (Å²) in [4.78, 5) is 0. The number of hydrogen-bond donors (Lipinski definition) is 8. The van der Waals surface area contributed by atoms with Crippen molar-refractivity contribution in [2.45, 2.75) is 88.3 Å². The number of ether oxygens (including phenoxy) is 1. The molecular formula is C14H29NO11S. The number of nitrogens with one attached hydrogen (secondary N) is 1. The fourth-order valence-electron chi connectivity index (χ4n) is 2.75. The van der Waals surface area contributed by atoms with Crippen LogP contribution in [0, 0.1) is 0 Å². The van der Waals surface area contributed by atoms with E-state index in [0.29, 0.717) is 6.42 Å². The maximum Gasteiger partial charge on any atom is 0.401 e. The highest BCUT2D eigenvalue weighted by molar-refractivity contribution is 7.80. The molecule has 0 aromatic carbocycles. The van der Waals surface area contributed by atoms with Gasteiger partial charge in [-0.2, -0.15) is 12.6 Å². The lowest BCUT2D eigenvalue weighted by Crippen LogP contribution is -2.71. The minimum atomic E-state index is -5.32. The SMILES string of the molecule is CCCCCCCC(O)NC(O)(OS(=O)(=O)O)[C@H]1OC(O)[C@H](O)[C@@H](O)[C@@H]1O. The van der Waals surface area contributed by atoms with E-state index in [-0.39, 0.29) is 6.42 Å². The van der Waals surface area contributed by atoms with E-state index in [9.17, 15) is 39.1 Å². The molecule has 27 heavy (non-hydrogen) atoms. The predicted molar refractivity (Wildman–Crippen MR) is 89.0 cm³/mol. The van der Waals surface area contributed by atoms with Gasteiger partial charge in [0.2, 0.25) is 0 Å². The molecule has 0 saturated carbocycles. The van der Waals surface area contributed by atoms with Crippen LogP contribution in [0.4, 0.5) is 0 Å². The maximum atomic E-state index is 11.1. The Labute approximate surface area is 157 Å². The van der Waals surface area contributed by atoms with Crippen LogP contribution in [0.2, 0.25) is 0 Å². The average Bonchev–Trinajstić information content (AvgIpc) is 2.54. The zero-order chi connectivity index (χ0) is 20.8. The van der Waals surface area contributed by atoms with Crippen molar-refractivity contribution in [1.82, 2.24) is 5.32 Å². The first-order valence-electron chi connectivity index (χ1n) is 8.65. The van der Waals surface area contributed by atoms with E-state index in [2.05, 4.69) is 4.18 Å². The van der Waals surface area contributed by atoms with Crippen molar-refractivity contribution >= 4 is 10.4 Å². The van der Waals surface area contributed by atoms with E-state index >= 15 is 0 Å². The Morgan fingerprint density at radius 1 is 1.07 bits per heavy atom. The summed E-state index contributed by atoms with van der Waals surface area (Å²) in [5, 5.41) is 61.1. The van der Waals surface area contributed by atoms with Gasteiger partial charge in [0.25, 0.3) is 5.91 Å². The van der Waals surface area contributed by atoms with Crippen molar-refractivity contribution in [2.24, 2.45) is 0 Å². The van der Waals surface area contributed by atoms with Crippen LogP contribution in [-0.2, 0) is 19.3 Å². The molecule has 1 heterocycles. The third-order valence-electron chi connectivity index (χ3n) is 4.16. The number of hydrogen-bond acceptors (Lipinski definition) is 11. The van der Waals surface area contributed by atoms with Crippen molar-refractivity contribution in [3.8, 4) is 0 Å². The largest absolute Gasteiger partial charge is 0.401 e. The van der Waals surface area contributed by atoms with Crippen molar-refractivity contribution in [2.75, 3.05) is 0 Å². The lowest BCUT2D eigenvalue weighted by Gasteiger charge is -2.44. The highest BCUT2D eigenvalue weighted by Crippen LogP contribution is 2.28. The number of aliphatic hydroxyl groups excluding tert-OH is 5. The van der Waals surface area contributed by atoms with Crippen molar-refractivity contribution in [1.29, 1.82) is 0 Å². The minimum Gasteiger partial charge on any atom is -0.387 e. The summed E-state index contributed by atoms with van der Waals surface area (Å²) in [7, 11) is -5.32. The summed E-state index contributed by atoms with van der Waals surface area (Å²) in [6, 6.07) is 0. The highest BCUT2D eigenvalue weighted by atomic mass is 32.3. The summed E-state index contributed by atoms with van der Waals surface area (Å²) < 4.78 is 39.9. The maximum absolute atomic E-state index is 11.1. The summed E-state index contributed by atoms with van der Waals surface area (Å²) in [5.41, 5.74) is 0. The Kier molecular flexibility index (Phi) is 9.44. The van der Waals surface area contributed by atoms with Crippen molar-refractivity contribution < 1.29 is 52.5 Å². The zero-order valence-electron chi connectivity index (χ0n) is 14.9. The van der Waals surface area contributed by atoms with Crippen molar-refractivity contribution in [3.05, 3.63) is 0 Å². The molecule has 1 rings (SSSR count). The van der Waals surface area contributed by atoms with Gasteiger partial charge in [0, 0.05) is 0 Å². The molecule has 7 atom stereocenters. The molecule has 0 radical (unpaired) electrons. The molecule has 12 nitrogen and oxygen atoms in total. The molecule has 1 aliphatic heterocycles. The van der Waals surface area contributed by atoms with Gasteiger partial charge in [-0.25, -0.2) is 5.32 Å². The lowest BCUT2D eigenvalue weighted by atomic mass is 9.96. The molecule has 8 N–H and O–H groups in total. The summed E-state index contributed by atoms with van der Waals surface area (Å²) in [6.07, 6.45) is -7.74. The molecule has 1 fully saturated rings. The Hall–Kier alpha value is -0.450. The molecular weight excluding hydrogens is 390 g/mol. The van der Waals surface area contributed by atoms with Crippen LogP contribution in [0.25, 0.3) is 0 Å². The molecule has 162 valence electrons. The van der Waals surface area contributed by atoms with E-state index in [1.54, 1.807) is 0 Å². The number of unbranched alkanes of at least 4 members (excludes halogenated alkanes) is 4. The Bertz CT molecular complexity index is 547. The second-order valence-electron chi connectivity index (χ2n) is 6.49. The molecule has 0 aromatic rings. The van der Waals surface area contributed by atoms with Gasteiger partial charge in [-0.05, 0) is 12.8 Å². The Morgan fingerprint density at radius 2 is 1.67 bits per heavy atom. The zero-order valence-corrected chi connectivity index (χ0v) is 15.7. The van der Waals surface area contributed by atoms with Crippen LogP contribution in [0.3, 0.4) is 0 Å². The minimum absolute atomic E-state index is 0.0530. The van der Waals surface area contributed by atoms with E-state index in [4.69, 9.17) is 9.29 Å². The summed E-state index contributed by atoms with van der Waals surface area (Å²) in [5.74, 6) is -3.25. The van der Waals surface area contributed by atoms with Crippen LogP contribution >= 0.6 is 0 Å². The van der Waals surface area contributed by atoms with Gasteiger partial charge in [0.05, 0.1) is 0 Å².